The van der Waals surface area contributed by atoms with Gasteiger partial charge in [0.15, 0.2) is 0 Å². The molecule has 0 spiro atoms. The fourth-order valence-corrected chi connectivity index (χ4v) is 4.43. The summed E-state index contributed by atoms with van der Waals surface area (Å²) in [6.07, 6.45) is 0. The lowest BCUT2D eigenvalue weighted by Gasteiger charge is -2.25. The monoisotopic (exact) mass is 408 g/mol. The number of anilines is 1. The molecule has 138 valence electrons. The van der Waals surface area contributed by atoms with Crippen LogP contribution in [0.5, 0.6) is 0 Å². The van der Waals surface area contributed by atoms with Gasteiger partial charge in [0.2, 0.25) is 0 Å². The summed E-state index contributed by atoms with van der Waals surface area (Å²) in [6.45, 7) is 7.31. The SMILES string of the molecule is CC(C)(C)c1ccc([C@@H]2SCCN2C(=O)Nc2ccc(Cl)c(Cl)c2)cc1. The molecular formula is C20H22Cl2N2OS. The maximum atomic E-state index is 12.7. The van der Waals surface area contributed by atoms with Crippen molar-refractivity contribution < 1.29 is 4.79 Å². The minimum absolute atomic E-state index is 0.0202. The number of carbonyl (C=O) groups is 1. The molecule has 1 saturated heterocycles. The van der Waals surface area contributed by atoms with Crippen LogP contribution < -0.4 is 5.32 Å². The molecule has 3 nitrogen and oxygen atoms in total. The largest absolute Gasteiger partial charge is 0.323 e. The Morgan fingerprint density at radius 3 is 2.42 bits per heavy atom. The summed E-state index contributed by atoms with van der Waals surface area (Å²) >= 11 is 13.7. The van der Waals surface area contributed by atoms with E-state index >= 15 is 0 Å². The molecule has 2 aromatic carbocycles. The third kappa shape index (κ3) is 4.30. The summed E-state index contributed by atoms with van der Waals surface area (Å²) in [5.74, 6) is 0.917. The smallest absolute Gasteiger partial charge is 0.308 e. The van der Waals surface area contributed by atoms with Crippen LogP contribution in [0.2, 0.25) is 10.0 Å². The number of halogens is 2. The van der Waals surface area contributed by atoms with Crippen molar-refractivity contribution in [3.8, 4) is 0 Å². The lowest BCUT2D eigenvalue weighted by Crippen LogP contribution is -2.34. The molecule has 0 radical (unpaired) electrons. The lowest BCUT2D eigenvalue weighted by atomic mass is 9.87. The standard InChI is InChI=1S/C20H22Cl2N2OS/c1-20(2,3)14-6-4-13(5-7-14)18-24(10-11-26-18)19(25)23-15-8-9-16(21)17(22)12-15/h4-9,12,18H,10-11H2,1-3H3,(H,23,25)/t18-/m0/s1. The number of urea groups is 1. The van der Waals surface area contributed by atoms with Gasteiger partial charge in [0.25, 0.3) is 0 Å². The highest BCUT2D eigenvalue weighted by Crippen LogP contribution is 2.39. The first-order valence-electron chi connectivity index (χ1n) is 8.50. The second kappa shape index (κ2) is 7.71. The number of rotatable bonds is 2. The first kappa shape index (κ1) is 19.4. The summed E-state index contributed by atoms with van der Waals surface area (Å²) in [4.78, 5) is 14.6. The van der Waals surface area contributed by atoms with E-state index in [1.807, 2.05) is 4.90 Å². The van der Waals surface area contributed by atoms with E-state index in [0.717, 1.165) is 11.3 Å². The summed E-state index contributed by atoms with van der Waals surface area (Å²) in [5.41, 5.74) is 3.19. The normalized spacial score (nSPS) is 17.4. The molecule has 2 amide bonds. The number of carbonyl (C=O) groups excluding carboxylic acids is 1. The van der Waals surface area contributed by atoms with Crippen LogP contribution in [-0.2, 0) is 5.41 Å². The van der Waals surface area contributed by atoms with Gasteiger partial charge in [0.05, 0.1) is 10.0 Å². The van der Waals surface area contributed by atoms with Gasteiger partial charge in [-0.25, -0.2) is 4.79 Å². The predicted octanol–water partition coefficient (Wildman–Crippen LogP) is 6.57. The molecule has 1 N–H and O–H groups in total. The highest BCUT2D eigenvalue weighted by atomic mass is 35.5. The van der Waals surface area contributed by atoms with Gasteiger partial charge in [-0.2, -0.15) is 0 Å². The van der Waals surface area contributed by atoms with E-state index < -0.39 is 0 Å². The van der Waals surface area contributed by atoms with Crippen molar-refractivity contribution >= 4 is 46.7 Å². The first-order chi connectivity index (χ1) is 12.3. The molecule has 2 aromatic rings. The Balaban J connectivity index is 1.75. The molecule has 1 heterocycles. The van der Waals surface area contributed by atoms with Crippen molar-refractivity contribution in [3.63, 3.8) is 0 Å². The second-order valence-corrected chi connectivity index (χ2v) is 9.35. The Morgan fingerprint density at radius 2 is 1.81 bits per heavy atom. The van der Waals surface area contributed by atoms with Gasteiger partial charge in [-0.05, 0) is 34.7 Å². The minimum atomic E-state index is -0.127. The second-order valence-electron chi connectivity index (χ2n) is 7.35. The zero-order chi connectivity index (χ0) is 18.9. The Bertz CT molecular complexity index is 802. The van der Waals surface area contributed by atoms with Gasteiger partial charge < -0.3 is 10.2 Å². The van der Waals surface area contributed by atoms with Crippen LogP contribution >= 0.6 is 35.0 Å². The van der Waals surface area contributed by atoms with Crippen LogP contribution in [0.3, 0.4) is 0 Å². The molecule has 0 aromatic heterocycles. The predicted molar refractivity (Wildman–Crippen MR) is 113 cm³/mol. The summed E-state index contributed by atoms with van der Waals surface area (Å²) in [5, 5.41) is 3.83. The molecule has 0 aliphatic carbocycles. The van der Waals surface area contributed by atoms with Crippen molar-refractivity contribution in [2.75, 3.05) is 17.6 Å². The zero-order valence-corrected chi connectivity index (χ0v) is 17.4. The van der Waals surface area contributed by atoms with E-state index in [2.05, 4.69) is 50.4 Å². The first-order valence-corrected chi connectivity index (χ1v) is 10.3. The molecule has 1 aliphatic rings. The molecule has 1 atom stereocenters. The number of thioether (sulfide) groups is 1. The summed E-state index contributed by atoms with van der Waals surface area (Å²) in [7, 11) is 0. The third-order valence-corrected chi connectivity index (χ3v) is 6.38. The highest BCUT2D eigenvalue weighted by Gasteiger charge is 2.31. The number of hydrogen-bond donors (Lipinski definition) is 1. The van der Waals surface area contributed by atoms with Gasteiger partial charge in [-0.1, -0.05) is 68.2 Å². The van der Waals surface area contributed by atoms with Gasteiger partial charge in [0, 0.05) is 18.0 Å². The molecule has 0 saturated carbocycles. The Morgan fingerprint density at radius 1 is 1.12 bits per heavy atom. The Kier molecular flexibility index (Phi) is 5.75. The number of benzene rings is 2. The Hall–Kier alpha value is -1.36. The number of hydrogen-bond acceptors (Lipinski definition) is 2. The minimum Gasteiger partial charge on any atom is -0.308 e. The number of nitrogens with one attached hydrogen (secondary N) is 1. The molecular weight excluding hydrogens is 387 g/mol. The van der Waals surface area contributed by atoms with Crippen molar-refractivity contribution in [3.05, 3.63) is 63.6 Å². The highest BCUT2D eigenvalue weighted by molar-refractivity contribution is 7.99. The van der Waals surface area contributed by atoms with Crippen molar-refractivity contribution in [2.45, 2.75) is 31.6 Å². The number of amides is 2. The van der Waals surface area contributed by atoms with Gasteiger partial charge in [0.1, 0.15) is 5.37 Å². The number of nitrogens with zero attached hydrogens (tertiary/aromatic N) is 1. The van der Waals surface area contributed by atoms with Crippen LogP contribution in [0.1, 0.15) is 37.3 Å². The van der Waals surface area contributed by atoms with Crippen molar-refractivity contribution in [1.82, 2.24) is 4.90 Å². The van der Waals surface area contributed by atoms with E-state index in [0.29, 0.717) is 22.3 Å². The van der Waals surface area contributed by atoms with E-state index in [-0.39, 0.29) is 16.8 Å². The maximum Gasteiger partial charge on any atom is 0.323 e. The zero-order valence-electron chi connectivity index (χ0n) is 15.1. The lowest BCUT2D eigenvalue weighted by molar-refractivity contribution is 0.214. The van der Waals surface area contributed by atoms with Crippen LogP contribution in [-0.4, -0.2) is 23.2 Å². The summed E-state index contributed by atoms with van der Waals surface area (Å²) < 4.78 is 0. The van der Waals surface area contributed by atoms with Crippen LogP contribution in [0.4, 0.5) is 10.5 Å². The van der Waals surface area contributed by atoms with E-state index in [1.165, 1.54) is 5.56 Å². The van der Waals surface area contributed by atoms with E-state index in [9.17, 15) is 4.79 Å². The maximum absolute atomic E-state index is 12.7. The topological polar surface area (TPSA) is 32.3 Å². The fraction of sp³-hybridized carbons (Fsp3) is 0.350. The van der Waals surface area contributed by atoms with Gasteiger partial charge in [-0.15, -0.1) is 11.8 Å². The Labute approximate surface area is 169 Å². The van der Waals surface area contributed by atoms with Crippen molar-refractivity contribution in [1.29, 1.82) is 0 Å². The molecule has 1 aliphatic heterocycles. The molecule has 0 unspecified atom stereocenters. The molecule has 0 bridgehead atoms. The quantitative estimate of drug-likeness (QED) is 0.608. The van der Waals surface area contributed by atoms with Crippen molar-refractivity contribution in [2.24, 2.45) is 0 Å². The van der Waals surface area contributed by atoms with E-state index in [4.69, 9.17) is 23.2 Å². The average Bonchev–Trinajstić information content (AvgIpc) is 3.07. The summed E-state index contributed by atoms with van der Waals surface area (Å²) in [6, 6.07) is 13.5. The van der Waals surface area contributed by atoms with Crippen LogP contribution in [0.25, 0.3) is 0 Å². The van der Waals surface area contributed by atoms with E-state index in [1.54, 1.807) is 30.0 Å². The molecule has 3 rings (SSSR count). The third-order valence-electron chi connectivity index (χ3n) is 4.38. The average molecular weight is 409 g/mol. The van der Waals surface area contributed by atoms with Gasteiger partial charge >= 0.3 is 6.03 Å². The van der Waals surface area contributed by atoms with Gasteiger partial charge in [-0.3, -0.25) is 0 Å². The molecule has 26 heavy (non-hydrogen) atoms. The molecule has 1 fully saturated rings. The van der Waals surface area contributed by atoms with Crippen LogP contribution in [0.15, 0.2) is 42.5 Å². The van der Waals surface area contributed by atoms with Crippen LogP contribution in [0, 0.1) is 0 Å². The fourth-order valence-electron chi connectivity index (χ4n) is 2.87. The molecule has 6 heteroatoms.